The third kappa shape index (κ3) is 2.43. The van der Waals surface area contributed by atoms with Gasteiger partial charge >= 0.3 is 7.60 Å². The van der Waals surface area contributed by atoms with Crippen molar-refractivity contribution >= 4 is 7.60 Å². The Hall–Kier alpha value is 0.0300. The monoisotopic (exact) mass is 266 g/mol. The van der Waals surface area contributed by atoms with Crippen LogP contribution in [-0.4, -0.2) is 35.9 Å². The van der Waals surface area contributed by atoms with E-state index in [4.69, 9.17) is 13.8 Å². The van der Waals surface area contributed by atoms with Crippen LogP contribution in [0.15, 0.2) is 0 Å². The fraction of sp³-hybridized carbons (Fsp3) is 1.00. The molecule has 0 aliphatic carbocycles. The van der Waals surface area contributed by atoms with Crippen LogP contribution in [0.2, 0.25) is 0 Å². The van der Waals surface area contributed by atoms with Crippen molar-refractivity contribution in [1.29, 1.82) is 0 Å². The highest BCUT2D eigenvalue weighted by Crippen LogP contribution is 2.64. The molecule has 1 heterocycles. The standard InChI is InChI=1S/C10H21NO5P/c1-6-15-17(13,16-7-2)10(5)8-14-9(3,4)11(10)12/h6-8H2,1-5H3. The van der Waals surface area contributed by atoms with Gasteiger partial charge in [-0.25, -0.2) is 0 Å². The predicted octanol–water partition coefficient (Wildman–Crippen LogP) is 2.38. The van der Waals surface area contributed by atoms with Crippen LogP contribution in [0.5, 0.6) is 0 Å². The summed E-state index contributed by atoms with van der Waals surface area (Å²) in [6.07, 6.45) is 0. The van der Waals surface area contributed by atoms with E-state index >= 15 is 0 Å². The van der Waals surface area contributed by atoms with Crippen molar-refractivity contribution in [2.45, 2.75) is 45.6 Å². The SMILES string of the molecule is CCOP(=O)(OCC)C1(C)COC(C)(C)N1[O]. The molecule has 0 amide bonds. The molecule has 1 fully saturated rings. The van der Waals surface area contributed by atoms with Crippen LogP contribution in [0.1, 0.15) is 34.6 Å². The van der Waals surface area contributed by atoms with E-state index < -0.39 is 18.6 Å². The molecular weight excluding hydrogens is 245 g/mol. The molecule has 1 atom stereocenters. The largest absolute Gasteiger partial charge is 0.356 e. The number of rotatable bonds is 5. The summed E-state index contributed by atoms with van der Waals surface area (Å²) in [4.78, 5) is 0. The summed E-state index contributed by atoms with van der Waals surface area (Å²) < 4.78 is 28.5. The van der Waals surface area contributed by atoms with Crippen molar-refractivity contribution in [3.05, 3.63) is 0 Å². The molecule has 0 aromatic rings. The summed E-state index contributed by atoms with van der Waals surface area (Å²) in [5.74, 6) is 0. The fourth-order valence-corrected chi connectivity index (χ4v) is 3.85. The van der Waals surface area contributed by atoms with E-state index in [2.05, 4.69) is 0 Å². The molecule has 6 nitrogen and oxygen atoms in total. The first-order valence-electron chi connectivity index (χ1n) is 5.74. The lowest BCUT2D eigenvalue weighted by atomic mass is 10.3. The topological polar surface area (TPSA) is 67.9 Å². The minimum absolute atomic E-state index is 0.0285. The van der Waals surface area contributed by atoms with Crippen molar-refractivity contribution < 1.29 is 23.6 Å². The molecule has 1 aliphatic heterocycles. The van der Waals surface area contributed by atoms with Gasteiger partial charge in [0.25, 0.3) is 0 Å². The number of hydrogen-bond donors (Lipinski definition) is 0. The molecular formula is C10H21NO5P. The van der Waals surface area contributed by atoms with Gasteiger partial charge in [-0.05, 0) is 34.6 Å². The molecule has 0 spiro atoms. The van der Waals surface area contributed by atoms with E-state index in [1.165, 1.54) is 0 Å². The minimum Gasteiger partial charge on any atom is -0.356 e. The summed E-state index contributed by atoms with van der Waals surface area (Å²) in [5, 5.41) is 11.6. The molecule has 1 saturated heterocycles. The number of hydroxylamine groups is 2. The van der Waals surface area contributed by atoms with Crippen LogP contribution in [0.4, 0.5) is 0 Å². The lowest BCUT2D eigenvalue weighted by Crippen LogP contribution is -2.48. The summed E-state index contributed by atoms with van der Waals surface area (Å²) in [7, 11) is -3.53. The van der Waals surface area contributed by atoms with E-state index in [0.717, 1.165) is 0 Å². The summed E-state index contributed by atoms with van der Waals surface area (Å²) in [6, 6.07) is 0. The zero-order valence-electron chi connectivity index (χ0n) is 11.1. The van der Waals surface area contributed by atoms with E-state index in [-0.39, 0.29) is 19.8 Å². The Morgan fingerprint density at radius 3 is 2.00 bits per heavy atom. The summed E-state index contributed by atoms with van der Waals surface area (Å²) in [5.41, 5.74) is -1.02. The Kier molecular flexibility index (Phi) is 4.40. The highest BCUT2D eigenvalue weighted by atomic mass is 31.2. The first-order valence-corrected chi connectivity index (χ1v) is 7.28. The van der Waals surface area contributed by atoms with Gasteiger partial charge in [0.2, 0.25) is 0 Å². The van der Waals surface area contributed by atoms with Gasteiger partial charge in [-0.1, -0.05) is 0 Å². The number of nitrogens with zero attached hydrogens (tertiary/aromatic N) is 1. The van der Waals surface area contributed by atoms with Gasteiger partial charge in [0.1, 0.15) is 5.72 Å². The molecule has 0 saturated carbocycles. The second-order valence-electron chi connectivity index (χ2n) is 4.58. The molecule has 17 heavy (non-hydrogen) atoms. The van der Waals surface area contributed by atoms with E-state index in [0.29, 0.717) is 5.06 Å². The molecule has 7 heteroatoms. The maximum Gasteiger partial charge on any atom is 0.355 e. The Balaban J connectivity index is 3.06. The second-order valence-corrected chi connectivity index (χ2v) is 7.05. The normalized spacial score (nSPS) is 29.8. The van der Waals surface area contributed by atoms with Gasteiger partial charge in [0, 0.05) is 0 Å². The van der Waals surface area contributed by atoms with Crippen LogP contribution < -0.4 is 0 Å². The van der Waals surface area contributed by atoms with E-state index in [9.17, 15) is 9.77 Å². The molecule has 1 rings (SSSR count). The van der Waals surface area contributed by atoms with Gasteiger partial charge in [0.05, 0.1) is 19.8 Å². The van der Waals surface area contributed by atoms with Crippen molar-refractivity contribution in [3.63, 3.8) is 0 Å². The number of ether oxygens (including phenoxy) is 1. The maximum atomic E-state index is 12.7. The molecule has 0 bridgehead atoms. The van der Waals surface area contributed by atoms with Gasteiger partial charge in [-0.15, -0.1) is 10.3 Å². The average Bonchev–Trinajstić information content (AvgIpc) is 2.45. The van der Waals surface area contributed by atoms with Crippen LogP contribution in [0.3, 0.4) is 0 Å². The molecule has 101 valence electrons. The zero-order chi connectivity index (χ0) is 13.3. The van der Waals surface area contributed by atoms with Crippen LogP contribution in [-0.2, 0) is 23.6 Å². The van der Waals surface area contributed by atoms with E-state index in [1.807, 2.05) is 0 Å². The highest BCUT2D eigenvalue weighted by Gasteiger charge is 2.62. The zero-order valence-corrected chi connectivity index (χ0v) is 12.0. The lowest BCUT2D eigenvalue weighted by molar-refractivity contribution is -0.269. The third-order valence-corrected chi connectivity index (χ3v) is 5.50. The molecule has 1 aliphatic rings. The first kappa shape index (κ1) is 15.1. The lowest BCUT2D eigenvalue weighted by Gasteiger charge is -2.36. The quantitative estimate of drug-likeness (QED) is 0.715. The Morgan fingerprint density at radius 1 is 1.24 bits per heavy atom. The smallest absolute Gasteiger partial charge is 0.355 e. The van der Waals surface area contributed by atoms with Gasteiger partial charge in [-0.2, -0.15) is 0 Å². The van der Waals surface area contributed by atoms with Crippen molar-refractivity contribution in [2.24, 2.45) is 0 Å². The average molecular weight is 266 g/mol. The third-order valence-electron chi connectivity index (χ3n) is 2.81. The maximum absolute atomic E-state index is 12.7. The second kappa shape index (κ2) is 4.96. The van der Waals surface area contributed by atoms with Crippen molar-refractivity contribution in [1.82, 2.24) is 5.06 Å². The van der Waals surface area contributed by atoms with Crippen LogP contribution >= 0.6 is 7.60 Å². The van der Waals surface area contributed by atoms with Crippen LogP contribution in [0, 0.1) is 0 Å². The molecule has 1 radical (unpaired) electrons. The number of hydrogen-bond acceptors (Lipinski definition) is 5. The molecule has 1 unspecified atom stereocenters. The Morgan fingerprint density at radius 2 is 1.71 bits per heavy atom. The van der Waals surface area contributed by atoms with Gasteiger partial charge in [-0.3, -0.25) is 4.57 Å². The Labute approximate surface area is 102 Å². The first-order chi connectivity index (χ1) is 7.73. The molecule has 0 aromatic carbocycles. The Bertz CT molecular complexity index is 312. The molecule has 0 N–H and O–H groups in total. The van der Waals surface area contributed by atoms with Gasteiger partial charge in [0.15, 0.2) is 5.28 Å². The predicted molar refractivity (Wildman–Crippen MR) is 61.8 cm³/mol. The minimum atomic E-state index is -3.53. The summed E-state index contributed by atoms with van der Waals surface area (Å²) >= 11 is 0. The van der Waals surface area contributed by atoms with E-state index in [1.54, 1.807) is 34.6 Å². The van der Waals surface area contributed by atoms with Crippen LogP contribution in [0.25, 0.3) is 0 Å². The fourth-order valence-electron chi connectivity index (χ4n) is 1.86. The van der Waals surface area contributed by atoms with Gasteiger partial charge < -0.3 is 13.8 Å². The highest BCUT2D eigenvalue weighted by molar-refractivity contribution is 7.55. The van der Waals surface area contributed by atoms with Crippen molar-refractivity contribution in [2.75, 3.05) is 19.8 Å². The summed E-state index contributed by atoms with van der Waals surface area (Å²) in [6.45, 7) is 8.72. The van der Waals surface area contributed by atoms with Crippen molar-refractivity contribution in [3.8, 4) is 0 Å². The molecule has 0 aromatic heterocycles.